The minimum absolute atomic E-state index is 0.142. The Morgan fingerprint density at radius 1 is 1.15 bits per heavy atom. The first-order chi connectivity index (χ1) is 18.9. The Balaban J connectivity index is 1.62. The van der Waals surface area contributed by atoms with Gasteiger partial charge >= 0.3 is 12.3 Å². The minimum atomic E-state index is -4.78. The van der Waals surface area contributed by atoms with E-state index in [-0.39, 0.29) is 17.9 Å². The fourth-order valence-corrected chi connectivity index (χ4v) is 5.02. The predicted molar refractivity (Wildman–Crippen MR) is 143 cm³/mol. The molecule has 9 nitrogen and oxygen atoms in total. The number of rotatable bonds is 5. The van der Waals surface area contributed by atoms with Crippen molar-refractivity contribution in [2.24, 2.45) is 0 Å². The molecule has 212 valence electrons. The van der Waals surface area contributed by atoms with E-state index in [9.17, 15) is 18.0 Å². The minimum Gasteiger partial charge on any atom is -0.496 e. The number of aryl methyl sites for hydroxylation is 1. The number of nitrogens with zero attached hydrogens (tertiary/aromatic N) is 5. The first-order valence-electron chi connectivity index (χ1n) is 12.9. The molecule has 1 aliphatic heterocycles. The molecule has 1 N–H and O–H groups in total. The van der Waals surface area contributed by atoms with Crippen LogP contribution in [-0.2, 0) is 4.74 Å². The number of benzene rings is 1. The van der Waals surface area contributed by atoms with Gasteiger partial charge in [0.25, 0.3) is 0 Å². The Morgan fingerprint density at radius 3 is 2.58 bits per heavy atom. The normalized spacial score (nSPS) is 16.9. The largest absolute Gasteiger partial charge is 0.496 e. The summed E-state index contributed by atoms with van der Waals surface area (Å²) in [5, 5.41) is 12.3. The zero-order valence-corrected chi connectivity index (χ0v) is 22.9. The smallest absolute Gasteiger partial charge is 0.413 e. The lowest BCUT2D eigenvalue weighted by Gasteiger charge is -2.38. The summed E-state index contributed by atoms with van der Waals surface area (Å²) in [6.45, 7) is 7.54. The average Bonchev–Trinajstić information content (AvgIpc) is 3.54. The highest BCUT2D eigenvalue weighted by Gasteiger charge is 2.50. The zero-order valence-electron chi connectivity index (χ0n) is 22.9. The van der Waals surface area contributed by atoms with Gasteiger partial charge in [-0.3, -0.25) is 9.30 Å². The lowest BCUT2D eigenvalue weighted by Crippen LogP contribution is -2.50. The number of hydrogen-bond donors (Lipinski definition) is 1. The number of carbonyl (C=O) groups excluding carboxylic acids is 1. The summed E-state index contributed by atoms with van der Waals surface area (Å²) in [5.41, 5.74) is 1.26. The molecule has 0 unspecified atom stereocenters. The van der Waals surface area contributed by atoms with Gasteiger partial charge in [-0.25, -0.2) is 9.78 Å². The third kappa shape index (κ3) is 5.40. The molecule has 40 heavy (non-hydrogen) atoms. The molecule has 0 bridgehead atoms. The Bertz CT molecular complexity index is 1560. The number of aromatic nitrogens is 4. The molecule has 3 aromatic heterocycles. The lowest BCUT2D eigenvalue weighted by atomic mass is 10.0. The van der Waals surface area contributed by atoms with Gasteiger partial charge in [0.15, 0.2) is 17.5 Å². The number of alkyl halides is 3. The Hall–Kier alpha value is -3.93. The molecule has 12 heteroatoms. The van der Waals surface area contributed by atoms with Crippen molar-refractivity contribution in [2.45, 2.75) is 58.0 Å². The Labute approximate surface area is 229 Å². The molecule has 4 heterocycles. The van der Waals surface area contributed by atoms with Crippen LogP contribution in [0.4, 0.5) is 18.0 Å². The van der Waals surface area contributed by atoms with Crippen molar-refractivity contribution in [1.29, 1.82) is 0 Å². The maximum Gasteiger partial charge on any atom is 0.413 e. The van der Waals surface area contributed by atoms with Crippen molar-refractivity contribution in [2.75, 3.05) is 20.2 Å². The zero-order chi connectivity index (χ0) is 28.8. The number of nitrogens with one attached hydrogen (secondary N) is 1. The number of carbonyl (C=O) groups is 1. The number of methoxy groups -OCH3 is 1. The van der Waals surface area contributed by atoms with E-state index in [1.54, 1.807) is 40.0 Å². The molecule has 1 fully saturated rings. The van der Waals surface area contributed by atoms with Crippen molar-refractivity contribution >= 4 is 22.6 Å². The SMILES string of the molecule is COc1cc2nc(-c3nnc4ccc([C@@H](N(C(=O)OC(C)(C)C)[C@H]5CCNC5)C(F)(F)F)cn34)ccc2cc1C. The van der Waals surface area contributed by atoms with Crippen LogP contribution in [0, 0.1) is 6.92 Å². The molecule has 0 aliphatic carbocycles. The van der Waals surface area contributed by atoms with Crippen molar-refractivity contribution < 1.29 is 27.4 Å². The number of fused-ring (bicyclic) bond motifs is 2. The van der Waals surface area contributed by atoms with E-state index >= 15 is 0 Å². The Kier molecular flexibility index (Phi) is 7.07. The number of amides is 1. The summed E-state index contributed by atoms with van der Waals surface area (Å²) in [4.78, 5) is 18.7. The van der Waals surface area contributed by atoms with E-state index in [0.29, 0.717) is 35.6 Å². The number of pyridine rings is 2. The predicted octanol–water partition coefficient (Wildman–Crippen LogP) is 5.46. The van der Waals surface area contributed by atoms with Gasteiger partial charge in [0.05, 0.1) is 12.6 Å². The number of hydrogen-bond acceptors (Lipinski definition) is 7. The van der Waals surface area contributed by atoms with E-state index in [1.807, 2.05) is 19.1 Å². The van der Waals surface area contributed by atoms with Crippen molar-refractivity contribution in [1.82, 2.24) is 29.8 Å². The van der Waals surface area contributed by atoms with Crippen LogP contribution in [0.15, 0.2) is 42.6 Å². The Morgan fingerprint density at radius 2 is 1.93 bits per heavy atom. The summed E-state index contributed by atoms with van der Waals surface area (Å²) < 4.78 is 56.7. The van der Waals surface area contributed by atoms with Crippen LogP contribution >= 0.6 is 0 Å². The second-order valence-corrected chi connectivity index (χ2v) is 10.9. The van der Waals surface area contributed by atoms with Gasteiger partial charge in [0, 0.05) is 35.8 Å². The molecule has 1 amide bonds. The molecule has 1 aliphatic rings. The van der Waals surface area contributed by atoms with Crippen LogP contribution < -0.4 is 10.1 Å². The maximum absolute atomic E-state index is 14.8. The van der Waals surface area contributed by atoms with Gasteiger partial charge < -0.3 is 14.8 Å². The summed E-state index contributed by atoms with van der Waals surface area (Å²) in [6.07, 6.45) is -4.11. The molecule has 4 aromatic rings. The standard InChI is InChI=1S/C28H31F3N6O3/c1-16-12-17-6-8-20(33-21(17)13-22(16)39-5)25-35-34-23-9-7-18(15-36(23)25)24(28(29,30)31)37(19-10-11-32-14-19)26(38)40-27(2,3)4/h6-9,12-13,15,19,24,32H,10-11,14H2,1-5H3/t19-,24+/m0/s1. The fraction of sp³-hybridized carbons (Fsp3) is 0.429. The maximum atomic E-state index is 14.8. The van der Waals surface area contributed by atoms with Crippen molar-refractivity contribution in [3.63, 3.8) is 0 Å². The van der Waals surface area contributed by atoms with Gasteiger partial charge in [-0.2, -0.15) is 13.2 Å². The third-order valence-electron chi connectivity index (χ3n) is 6.80. The van der Waals surface area contributed by atoms with Gasteiger partial charge in [-0.15, -0.1) is 10.2 Å². The van der Waals surface area contributed by atoms with Crippen molar-refractivity contribution in [3.8, 4) is 17.3 Å². The quantitative estimate of drug-likeness (QED) is 0.349. The van der Waals surface area contributed by atoms with E-state index in [2.05, 4.69) is 20.5 Å². The average molecular weight is 557 g/mol. The first kappa shape index (κ1) is 27.6. The van der Waals surface area contributed by atoms with E-state index in [4.69, 9.17) is 9.47 Å². The summed E-state index contributed by atoms with van der Waals surface area (Å²) >= 11 is 0. The fourth-order valence-electron chi connectivity index (χ4n) is 5.02. The second kappa shape index (κ2) is 10.2. The van der Waals surface area contributed by atoms with Crippen molar-refractivity contribution in [3.05, 3.63) is 53.7 Å². The highest BCUT2D eigenvalue weighted by molar-refractivity contribution is 5.83. The lowest BCUT2D eigenvalue weighted by molar-refractivity contribution is -0.188. The van der Waals surface area contributed by atoms with Gasteiger partial charge in [0.1, 0.15) is 17.0 Å². The van der Waals surface area contributed by atoms with Crippen LogP contribution in [0.5, 0.6) is 5.75 Å². The monoisotopic (exact) mass is 556 g/mol. The van der Waals surface area contributed by atoms with Crippen LogP contribution in [0.2, 0.25) is 0 Å². The molecule has 5 rings (SSSR count). The first-order valence-corrected chi connectivity index (χ1v) is 12.9. The van der Waals surface area contributed by atoms with Crippen LogP contribution in [0.1, 0.15) is 44.4 Å². The molecular weight excluding hydrogens is 525 g/mol. The van der Waals surface area contributed by atoms with Crippen LogP contribution in [-0.4, -0.2) is 68.6 Å². The topological polar surface area (TPSA) is 93.9 Å². The molecule has 1 saturated heterocycles. The molecule has 2 atom stereocenters. The van der Waals surface area contributed by atoms with E-state index < -0.39 is 30.0 Å². The third-order valence-corrected chi connectivity index (χ3v) is 6.80. The van der Waals surface area contributed by atoms with Gasteiger partial charge in [0.2, 0.25) is 0 Å². The highest BCUT2D eigenvalue weighted by Crippen LogP contribution is 2.41. The summed E-state index contributed by atoms with van der Waals surface area (Å²) in [6, 6.07) is 7.20. The molecule has 0 radical (unpaired) electrons. The highest BCUT2D eigenvalue weighted by atomic mass is 19.4. The van der Waals surface area contributed by atoms with Crippen LogP contribution in [0.3, 0.4) is 0 Å². The summed E-state index contributed by atoms with van der Waals surface area (Å²) in [5.74, 6) is 0.938. The van der Waals surface area contributed by atoms with E-state index in [1.165, 1.54) is 22.7 Å². The van der Waals surface area contributed by atoms with Gasteiger partial charge in [-0.05, 0) is 64.4 Å². The number of ether oxygens (including phenoxy) is 2. The number of halogens is 3. The second-order valence-electron chi connectivity index (χ2n) is 10.9. The molecule has 1 aromatic carbocycles. The van der Waals surface area contributed by atoms with Gasteiger partial charge in [-0.1, -0.05) is 12.1 Å². The molecule has 0 saturated carbocycles. The molecule has 0 spiro atoms. The van der Waals surface area contributed by atoms with E-state index in [0.717, 1.165) is 15.8 Å². The molecular formula is C28H31F3N6O3. The summed E-state index contributed by atoms with van der Waals surface area (Å²) in [7, 11) is 1.57. The van der Waals surface area contributed by atoms with Crippen LogP contribution in [0.25, 0.3) is 28.1 Å².